The second-order valence-corrected chi connectivity index (χ2v) is 3.68. The summed E-state index contributed by atoms with van der Waals surface area (Å²) in [6, 6.07) is 16.0. The number of para-hydroxylation sites is 1. The van der Waals surface area contributed by atoms with E-state index >= 15 is 0 Å². The van der Waals surface area contributed by atoms with Gasteiger partial charge in [-0.3, -0.25) is 0 Å². The zero-order valence-electron chi connectivity index (χ0n) is 9.03. The summed E-state index contributed by atoms with van der Waals surface area (Å²) < 4.78 is 5.76. The van der Waals surface area contributed by atoms with Crippen LogP contribution in [0.4, 0.5) is 0 Å². The molecule has 0 spiro atoms. The van der Waals surface area contributed by atoms with E-state index in [1.807, 2.05) is 36.4 Å². The SMILES string of the molecule is Cc1ccc(Oc2ccccc2)c(C)c1. The van der Waals surface area contributed by atoms with Crippen LogP contribution in [0.5, 0.6) is 11.5 Å². The fourth-order valence-corrected chi connectivity index (χ4v) is 1.53. The van der Waals surface area contributed by atoms with Gasteiger partial charge in [-0.05, 0) is 37.6 Å². The number of hydrogen-bond acceptors (Lipinski definition) is 1. The van der Waals surface area contributed by atoms with E-state index < -0.39 is 0 Å². The summed E-state index contributed by atoms with van der Waals surface area (Å²) in [7, 11) is 0. The maximum Gasteiger partial charge on any atom is 0.130 e. The Bertz CT molecular complexity index is 446. The van der Waals surface area contributed by atoms with Gasteiger partial charge in [-0.25, -0.2) is 0 Å². The highest BCUT2D eigenvalue weighted by molar-refractivity contribution is 5.39. The van der Waals surface area contributed by atoms with Gasteiger partial charge in [0.1, 0.15) is 11.5 Å². The van der Waals surface area contributed by atoms with Crippen molar-refractivity contribution in [2.75, 3.05) is 0 Å². The van der Waals surface area contributed by atoms with Crippen molar-refractivity contribution in [3.8, 4) is 11.5 Å². The molecule has 0 N–H and O–H groups in total. The van der Waals surface area contributed by atoms with Gasteiger partial charge in [-0.15, -0.1) is 0 Å². The summed E-state index contributed by atoms with van der Waals surface area (Å²) in [6.45, 7) is 4.14. The van der Waals surface area contributed by atoms with Crippen LogP contribution in [0.1, 0.15) is 11.1 Å². The van der Waals surface area contributed by atoms with Crippen molar-refractivity contribution >= 4 is 0 Å². The van der Waals surface area contributed by atoms with Gasteiger partial charge in [0.05, 0.1) is 0 Å². The molecule has 0 aliphatic rings. The molecule has 2 aromatic rings. The molecule has 0 fully saturated rings. The molecule has 15 heavy (non-hydrogen) atoms. The Morgan fingerprint density at radius 3 is 2.27 bits per heavy atom. The van der Waals surface area contributed by atoms with Gasteiger partial charge in [0.15, 0.2) is 0 Å². The van der Waals surface area contributed by atoms with Crippen molar-refractivity contribution < 1.29 is 4.74 Å². The molecule has 0 saturated carbocycles. The van der Waals surface area contributed by atoms with Crippen LogP contribution in [-0.4, -0.2) is 0 Å². The Hall–Kier alpha value is -1.76. The molecule has 0 aromatic heterocycles. The quantitative estimate of drug-likeness (QED) is 0.706. The highest BCUT2D eigenvalue weighted by Gasteiger charge is 2.00. The summed E-state index contributed by atoms with van der Waals surface area (Å²) in [6.07, 6.45) is 0. The molecule has 0 aliphatic carbocycles. The molecule has 2 aromatic carbocycles. The first-order chi connectivity index (χ1) is 7.25. The summed E-state index contributed by atoms with van der Waals surface area (Å²) in [5, 5.41) is 0. The largest absolute Gasteiger partial charge is 0.457 e. The molecule has 1 heteroatoms. The Labute approximate surface area is 90.3 Å². The first-order valence-electron chi connectivity index (χ1n) is 5.06. The molecule has 0 atom stereocenters. The Morgan fingerprint density at radius 2 is 1.60 bits per heavy atom. The fourth-order valence-electron chi connectivity index (χ4n) is 1.53. The van der Waals surface area contributed by atoms with Gasteiger partial charge in [-0.2, -0.15) is 0 Å². The van der Waals surface area contributed by atoms with Gasteiger partial charge < -0.3 is 4.74 Å². The van der Waals surface area contributed by atoms with Crippen LogP contribution >= 0.6 is 0 Å². The molecular weight excluding hydrogens is 184 g/mol. The summed E-state index contributed by atoms with van der Waals surface area (Å²) >= 11 is 0. The third-order valence-electron chi connectivity index (χ3n) is 2.30. The van der Waals surface area contributed by atoms with Crippen LogP contribution < -0.4 is 4.74 Å². The lowest BCUT2D eigenvalue weighted by molar-refractivity contribution is 0.479. The van der Waals surface area contributed by atoms with Gasteiger partial charge in [-0.1, -0.05) is 35.9 Å². The number of ether oxygens (including phenoxy) is 1. The maximum atomic E-state index is 5.76. The van der Waals surface area contributed by atoms with E-state index in [9.17, 15) is 0 Å². The molecule has 76 valence electrons. The monoisotopic (exact) mass is 198 g/mol. The number of rotatable bonds is 2. The normalized spacial score (nSPS) is 10.0. The van der Waals surface area contributed by atoms with Crippen LogP contribution in [0, 0.1) is 13.8 Å². The smallest absolute Gasteiger partial charge is 0.130 e. The minimum atomic E-state index is 0.879. The van der Waals surface area contributed by atoms with Crippen molar-refractivity contribution in [1.82, 2.24) is 0 Å². The minimum Gasteiger partial charge on any atom is -0.457 e. The maximum absolute atomic E-state index is 5.76. The van der Waals surface area contributed by atoms with Crippen LogP contribution in [0.25, 0.3) is 0 Å². The van der Waals surface area contributed by atoms with Crippen LogP contribution in [0.3, 0.4) is 0 Å². The molecule has 0 amide bonds. The van der Waals surface area contributed by atoms with E-state index in [-0.39, 0.29) is 0 Å². The van der Waals surface area contributed by atoms with Crippen molar-refractivity contribution in [3.63, 3.8) is 0 Å². The average Bonchev–Trinajstić information content (AvgIpc) is 2.24. The first-order valence-corrected chi connectivity index (χ1v) is 5.06. The molecule has 2 rings (SSSR count). The van der Waals surface area contributed by atoms with Crippen molar-refractivity contribution in [1.29, 1.82) is 0 Å². The van der Waals surface area contributed by atoms with Crippen LogP contribution in [0.15, 0.2) is 48.5 Å². The average molecular weight is 198 g/mol. The van der Waals surface area contributed by atoms with Gasteiger partial charge in [0.25, 0.3) is 0 Å². The van der Waals surface area contributed by atoms with E-state index in [4.69, 9.17) is 4.74 Å². The minimum absolute atomic E-state index is 0.879. The zero-order chi connectivity index (χ0) is 10.7. The highest BCUT2D eigenvalue weighted by atomic mass is 16.5. The van der Waals surface area contributed by atoms with Crippen molar-refractivity contribution in [2.24, 2.45) is 0 Å². The molecule has 0 radical (unpaired) electrons. The topological polar surface area (TPSA) is 9.23 Å². The van der Waals surface area contributed by atoms with Crippen LogP contribution in [0.2, 0.25) is 0 Å². The Balaban J connectivity index is 2.25. The molecule has 0 unspecified atom stereocenters. The van der Waals surface area contributed by atoms with Gasteiger partial charge >= 0.3 is 0 Å². The predicted molar refractivity (Wildman–Crippen MR) is 62.4 cm³/mol. The Morgan fingerprint density at radius 1 is 0.867 bits per heavy atom. The lowest BCUT2D eigenvalue weighted by Gasteiger charge is -2.08. The lowest BCUT2D eigenvalue weighted by atomic mass is 10.1. The van der Waals surface area contributed by atoms with E-state index in [1.54, 1.807) is 0 Å². The molecule has 0 aliphatic heterocycles. The van der Waals surface area contributed by atoms with E-state index in [2.05, 4.69) is 26.0 Å². The number of benzene rings is 2. The number of hydrogen-bond donors (Lipinski definition) is 0. The standard InChI is InChI=1S/C14H14O/c1-11-8-9-14(12(2)10-11)15-13-6-4-3-5-7-13/h3-10H,1-2H3. The molecule has 0 bridgehead atoms. The molecule has 0 saturated heterocycles. The van der Waals surface area contributed by atoms with Gasteiger partial charge in [0.2, 0.25) is 0 Å². The number of aryl methyl sites for hydroxylation is 2. The molecule has 0 heterocycles. The predicted octanol–water partition coefficient (Wildman–Crippen LogP) is 4.10. The first kappa shape index (κ1) is 9.78. The molecular formula is C14H14O. The van der Waals surface area contributed by atoms with Crippen LogP contribution in [-0.2, 0) is 0 Å². The fraction of sp³-hybridized carbons (Fsp3) is 0.143. The third-order valence-corrected chi connectivity index (χ3v) is 2.30. The molecule has 1 nitrogen and oxygen atoms in total. The van der Waals surface area contributed by atoms with E-state index in [0.29, 0.717) is 0 Å². The third kappa shape index (κ3) is 2.38. The summed E-state index contributed by atoms with van der Waals surface area (Å²) in [4.78, 5) is 0. The van der Waals surface area contributed by atoms with E-state index in [0.717, 1.165) is 11.5 Å². The zero-order valence-corrected chi connectivity index (χ0v) is 9.03. The second-order valence-electron chi connectivity index (χ2n) is 3.68. The summed E-state index contributed by atoms with van der Waals surface area (Å²) in [5.74, 6) is 1.80. The van der Waals surface area contributed by atoms with E-state index in [1.165, 1.54) is 11.1 Å². The second kappa shape index (κ2) is 4.18. The Kier molecular flexibility index (Phi) is 2.72. The van der Waals surface area contributed by atoms with Crippen molar-refractivity contribution in [3.05, 3.63) is 59.7 Å². The highest BCUT2D eigenvalue weighted by Crippen LogP contribution is 2.25. The lowest BCUT2D eigenvalue weighted by Crippen LogP contribution is -1.87. The summed E-state index contributed by atoms with van der Waals surface area (Å²) in [5.41, 5.74) is 2.42. The van der Waals surface area contributed by atoms with Gasteiger partial charge in [0, 0.05) is 0 Å². The van der Waals surface area contributed by atoms with Crippen molar-refractivity contribution in [2.45, 2.75) is 13.8 Å².